The minimum Gasteiger partial charge on any atom is -0.500 e. The van der Waals surface area contributed by atoms with Crippen molar-refractivity contribution in [2.45, 2.75) is 0 Å². The summed E-state index contributed by atoms with van der Waals surface area (Å²) in [6, 6.07) is 10.7. The SMILES string of the molecule is COC(=O)c1c(-c2cc(OC)c(O)c([N+](=O)[O-])c2)nn(-c2ccccc2)c1C(=O)OC. The molecule has 11 nitrogen and oxygen atoms in total. The van der Waals surface area contributed by atoms with E-state index in [2.05, 4.69) is 5.10 Å². The van der Waals surface area contributed by atoms with Gasteiger partial charge in [-0.2, -0.15) is 5.10 Å². The Kier molecular flexibility index (Phi) is 5.86. The zero-order valence-electron chi connectivity index (χ0n) is 16.7. The van der Waals surface area contributed by atoms with E-state index >= 15 is 0 Å². The number of hydrogen-bond donors (Lipinski definition) is 1. The van der Waals surface area contributed by atoms with Crippen LogP contribution in [-0.2, 0) is 9.47 Å². The van der Waals surface area contributed by atoms with Crippen molar-refractivity contribution in [3.63, 3.8) is 0 Å². The summed E-state index contributed by atoms with van der Waals surface area (Å²) in [6.45, 7) is 0. The average molecular weight is 427 g/mol. The van der Waals surface area contributed by atoms with Crippen molar-refractivity contribution in [3.8, 4) is 28.4 Å². The Bertz CT molecular complexity index is 1170. The Morgan fingerprint density at radius 3 is 2.26 bits per heavy atom. The van der Waals surface area contributed by atoms with Crippen LogP contribution in [0, 0.1) is 10.1 Å². The van der Waals surface area contributed by atoms with Crippen LogP contribution in [0.5, 0.6) is 11.5 Å². The molecule has 11 heteroatoms. The van der Waals surface area contributed by atoms with E-state index in [9.17, 15) is 24.8 Å². The Balaban J connectivity index is 2.42. The van der Waals surface area contributed by atoms with Gasteiger partial charge in [0.2, 0.25) is 5.75 Å². The van der Waals surface area contributed by atoms with Crippen molar-refractivity contribution in [2.24, 2.45) is 0 Å². The lowest BCUT2D eigenvalue weighted by Gasteiger charge is -2.08. The minimum atomic E-state index is -0.910. The van der Waals surface area contributed by atoms with Crippen LogP contribution in [0.4, 0.5) is 5.69 Å². The number of para-hydroxylation sites is 1. The van der Waals surface area contributed by atoms with Crippen molar-refractivity contribution in [1.82, 2.24) is 9.78 Å². The second kappa shape index (κ2) is 8.53. The van der Waals surface area contributed by atoms with Crippen molar-refractivity contribution < 1.29 is 33.8 Å². The molecule has 0 aliphatic rings. The standard InChI is InChI=1S/C20H17N3O8/c1-29-14-10-11(9-13(18(14)24)23(27)28)16-15(19(25)30-2)17(20(26)31-3)22(21-16)12-7-5-4-6-8-12/h4-10,24H,1-3H3. The molecule has 0 bridgehead atoms. The molecule has 0 unspecified atom stereocenters. The fourth-order valence-electron chi connectivity index (χ4n) is 2.98. The van der Waals surface area contributed by atoms with Gasteiger partial charge >= 0.3 is 17.6 Å². The summed E-state index contributed by atoms with van der Waals surface area (Å²) in [5.41, 5.74) is -0.789. The number of aromatic nitrogens is 2. The third-order valence-corrected chi connectivity index (χ3v) is 4.40. The first-order chi connectivity index (χ1) is 14.8. The number of benzene rings is 2. The largest absolute Gasteiger partial charge is 0.500 e. The summed E-state index contributed by atoms with van der Waals surface area (Å²) in [4.78, 5) is 35.8. The molecule has 0 saturated heterocycles. The van der Waals surface area contributed by atoms with Gasteiger partial charge in [0.15, 0.2) is 11.4 Å². The van der Waals surface area contributed by atoms with Crippen molar-refractivity contribution >= 4 is 17.6 Å². The smallest absolute Gasteiger partial charge is 0.357 e. The normalized spacial score (nSPS) is 10.4. The molecule has 160 valence electrons. The molecule has 2 aromatic carbocycles. The summed E-state index contributed by atoms with van der Waals surface area (Å²) in [5.74, 6) is -2.68. The van der Waals surface area contributed by atoms with Gasteiger partial charge in [0.1, 0.15) is 11.3 Å². The maximum absolute atomic E-state index is 12.6. The van der Waals surface area contributed by atoms with Crippen molar-refractivity contribution in [3.05, 3.63) is 63.8 Å². The highest BCUT2D eigenvalue weighted by molar-refractivity contribution is 6.07. The quantitative estimate of drug-likeness (QED) is 0.357. The fraction of sp³-hybridized carbons (Fsp3) is 0.150. The molecule has 0 radical (unpaired) electrons. The van der Waals surface area contributed by atoms with Gasteiger partial charge in [-0.05, 0) is 18.2 Å². The van der Waals surface area contributed by atoms with E-state index in [0.717, 1.165) is 20.3 Å². The van der Waals surface area contributed by atoms with Crippen LogP contribution in [0.2, 0.25) is 0 Å². The Hall–Kier alpha value is -4.41. The molecule has 0 amide bonds. The molecule has 0 aliphatic heterocycles. The molecular formula is C20H17N3O8. The summed E-state index contributed by atoms with van der Waals surface area (Å²) < 4.78 is 15.9. The molecule has 1 heterocycles. The van der Waals surface area contributed by atoms with Gasteiger partial charge in [-0.15, -0.1) is 0 Å². The highest BCUT2D eigenvalue weighted by atomic mass is 16.6. The first kappa shape index (κ1) is 21.3. The number of carbonyl (C=O) groups is 2. The van der Waals surface area contributed by atoms with E-state index in [1.54, 1.807) is 30.3 Å². The van der Waals surface area contributed by atoms with E-state index < -0.39 is 28.3 Å². The highest BCUT2D eigenvalue weighted by Gasteiger charge is 2.33. The topological polar surface area (TPSA) is 143 Å². The van der Waals surface area contributed by atoms with E-state index in [1.165, 1.54) is 17.9 Å². The zero-order valence-corrected chi connectivity index (χ0v) is 16.7. The predicted octanol–water partition coefficient (Wildman–Crippen LogP) is 2.73. The number of phenolic OH excluding ortho intramolecular Hbond substituents is 1. The maximum Gasteiger partial charge on any atom is 0.357 e. The third-order valence-electron chi connectivity index (χ3n) is 4.40. The highest BCUT2D eigenvalue weighted by Crippen LogP contribution is 2.41. The van der Waals surface area contributed by atoms with Crippen molar-refractivity contribution in [2.75, 3.05) is 21.3 Å². The van der Waals surface area contributed by atoms with Crippen LogP contribution in [0.25, 0.3) is 16.9 Å². The Morgan fingerprint density at radius 2 is 1.71 bits per heavy atom. The molecule has 0 spiro atoms. The predicted molar refractivity (Wildman–Crippen MR) is 107 cm³/mol. The number of methoxy groups -OCH3 is 3. The summed E-state index contributed by atoms with van der Waals surface area (Å²) >= 11 is 0. The second-order valence-electron chi connectivity index (χ2n) is 6.11. The number of carbonyl (C=O) groups excluding carboxylic acids is 2. The second-order valence-corrected chi connectivity index (χ2v) is 6.11. The molecule has 0 saturated carbocycles. The summed E-state index contributed by atoms with van der Waals surface area (Å²) in [5, 5.41) is 25.8. The molecule has 1 N–H and O–H groups in total. The number of hydrogen-bond acceptors (Lipinski definition) is 9. The van der Waals surface area contributed by atoms with Crippen LogP contribution in [0.15, 0.2) is 42.5 Å². The fourth-order valence-corrected chi connectivity index (χ4v) is 2.98. The monoisotopic (exact) mass is 427 g/mol. The molecule has 3 aromatic rings. The number of aromatic hydroxyl groups is 1. The molecule has 0 atom stereocenters. The molecule has 0 fully saturated rings. The first-order valence-electron chi connectivity index (χ1n) is 8.74. The van der Waals surface area contributed by atoms with Crippen LogP contribution in [0.3, 0.4) is 0 Å². The number of rotatable bonds is 6. The number of esters is 2. The van der Waals surface area contributed by atoms with Gasteiger partial charge in [-0.3, -0.25) is 10.1 Å². The molecule has 3 rings (SSSR count). The van der Waals surface area contributed by atoms with Crippen LogP contribution in [-0.4, -0.2) is 53.1 Å². The van der Waals surface area contributed by atoms with Crippen LogP contribution in [0.1, 0.15) is 20.8 Å². The third kappa shape index (κ3) is 3.75. The van der Waals surface area contributed by atoms with E-state index in [4.69, 9.17) is 14.2 Å². The number of phenols is 1. The summed E-state index contributed by atoms with van der Waals surface area (Å²) in [6.07, 6.45) is 0. The van der Waals surface area contributed by atoms with Gasteiger partial charge < -0.3 is 19.3 Å². The van der Waals surface area contributed by atoms with E-state index in [1.807, 2.05) is 0 Å². The number of ether oxygens (including phenoxy) is 3. The lowest BCUT2D eigenvalue weighted by molar-refractivity contribution is -0.385. The van der Waals surface area contributed by atoms with Crippen molar-refractivity contribution in [1.29, 1.82) is 0 Å². The minimum absolute atomic E-state index is 0.0431. The Labute approximate surface area is 175 Å². The lowest BCUT2D eigenvalue weighted by atomic mass is 10.0. The molecule has 1 aromatic heterocycles. The Morgan fingerprint density at radius 1 is 1.06 bits per heavy atom. The zero-order chi connectivity index (χ0) is 22.7. The first-order valence-corrected chi connectivity index (χ1v) is 8.74. The van der Waals surface area contributed by atoms with Gasteiger partial charge in [0, 0.05) is 11.6 Å². The number of nitrogens with zero attached hydrogens (tertiary/aromatic N) is 3. The van der Waals surface area contributed by atoms with Crippen LogP contribution >= 0.6 is 0 Å². The number of nitro groups is 1. The van der Waals surface area contributed by atoms with Crippen LogP contribution < -0.4 is 4.74 Å². The molecule has 31 heavy (non-hydrogen) atoms. The molecule has 0 aliphatic carbocycles. The van der Waals surface area contributed by atoms with Gasteiger partial charge in [0.25, 0.3) is 0 Å². The van der Waals surface area contributed by atoms with Gasteiger partial charge in [0.05, 0.1) is 31.9 Å². The van der Waals surface area contributed by atoms with Gasteiger partial charge in [-0.25, -0.2) is 14.3 Å². The van der Waals surface area contributed by atoms with E-state index in [0.29, 0.717) is 5.69 Å². The average Bonchev–Trinajstić information content (AvgIpc) is 3.19. The lowest BCUT2D eigenvalue weighted by Crippen LogP contribution is -2.15. The van der Waals surface area contributed by atoms with Gasteiger partial charge in [-0.1, -0.05) is 18.2 Å². The summed E-state index contributed by atoms with van der Waals surface area (Å²) in [7, 11) is 3.47. The maximum atomic E-state index is 12.6. The molecular weight excluding hydrogens is 410 g/mol. The number of nitro benzene ring substituents is 1. The van der Waals surface area contributed by atoms with E-state index in [-0.39, 0.29) is 28.3 Å².